The number of nitrogens with one attached hydrogen (secondary N) is 2. The molecule has 0 aromatic heterocycles. The van der Waals surface area contributed by atoms with Crippen LogP contribution in [0.5, 0.6) is 5.75 Å². The summed E-state index contributed by atoms with van der Waals surface area (Å²) < 4.78 is 47.8. The van der Waals surface area contributed by atoms with E-state index in [2.05, 4.69) is 14.9 Å². The molecular formula is C31H38FN3O4S. The molecule has 2 N–H and O–H groups in total. The van der Waals surface area contributed by atoms with Crippen LogP contribution in [0.1, 0.15) is 44.2 Å². The van der Waals surface area contributed by atoms with Crippen molar-refractivity contribution in [1.29, 1.82) is 0 Å². The molecule has 1 aliphatic carbocycles. The Bertz CT molecular complexity index is 1350. The van der Waals surface area contributed by atoms with E-state index in [1.54, 1.807) is 36.4 Å². The van der Waals surface area contributed by atoms with Crippen LogP contribution in [0.25, 0.3) is 11.1 Å². The van der Waals surface area contributed by atoms with Crippen LogP contribution < -0.4 is 14.8 Å². The van der Waals surface area contributed by atoms with Crippen LogP contribution >= 0.6 is 0 Å². The average molecular weight is 568 g/mol. The molecule has 4 rings (SSSR count). The van der Waals surface area contributed by atoms with Gasteiger partial charge in [0.15, 0.2) is 0 Å². The largest absolute Gasteiger partial charge is 0.492 e. The van der Waals surface area contributed by atoms with Gasteiger partial charge in [-0.1, -0.05) is 36.4 Å². The summed E-state index contributed by atoms with van der Waals surface area (Å²) in [7, 11) is 0.312. The molecule has 214 valence electrons. The molecule has 3 aromatic rings. The molecule has 3 aromatic carbocycles. The quantitative estimate of drug-likeness (QED) is 0.335. The first kappa shape index (κ1) is 29.7. The van der Waals surface area contributed by atoms with Gasteiger partial charge in [0.2, 0.25) is 15.9 Å². The summed E-state index contributed by atoms with van der Waals surface area (Å²) in [6.45, 7) is 3.31. The van der Waals surface area contributed by atoms with E-state index in [1.807, 2.05) is 45.3 Å². The highest BCUT2D eigenvalue weighted by Crippen LogP contribution is 2.28. The molecular weight excluding hydrogens is 529 g/mol. The highest BCUT2D eigenvalue weighted by molar-refractivity contribution is 7.89. The standard InChI is InChI=1S/C31H38FN3O4S/c1-22(23-4-12-27(32)13-5-23)33-31(36)26-6-14-28(15-7-26)34-40(37,38)30-18-10-25(11-19-30)24-8-16-29(17-9-24)39-21-20-35(2)3/h4-5,8-13,16-19,22,26,28,34H,6-7,14-15,20-21H2,1-3H3,(H,33,36)/t22-,26?,28?/m1/s1. The first-order valence-corrected chi connectivity index (χ1v) is 15.2. The van der Waals surface area contributed by atoms with Gasteiger partial charge in [-0.15, -0.1) is 0 Å². The van der Waals surface area contributed by atoms with Crippen molar-refractivity contribution in [3.8, 4) is 16.9 Å². The lowest BCUT2D eigenvalue weighted by atomic mass is 9.85. The molecule has 0 aliphatic heterocycles. The van der Waals surface area contributed by atoms with Gasteiger partial charge in [-0.3, -0.25) is 4.79 Å². The van der Waals surface area contributed by atoms with Gasteiger partial charge in [0.1, 0.15) is 18.2 Å². The maximum atomic E-state index is 13.2. The minimum atomic E-state index is -3.68. The van der Waals surface area contributed by atoms with Crippen LogP contribution in [0.4, 0.5) is 4.39 Å². The summed E-state index contributed by atoms with van der Waals surface area (Å²) in [4.78, 5) is 15.0. The Morgan fingerprint density at radius 2 is 1.50 bits per heavy atom. The molecule has 0 saturated heterocycles. The second-order valence-corrected chi connectivity index (χ2v) is 12.4. The second-order valence-electron chi connectivity index (χ2n) is 10.7. The topological polar surface area (TPSA) is 87.7 Å². The number of amides is 1. The third-order valence-electron chi connectivity index (χ3n) is 7.31. The van der Waals surface area contributed by atoms with E-state index in [9.17, 15) is 17.6 Å². The molecule has 1 fully saturated rings. The molecule has 0 heterocycles. The van der Waals surface area contributed by atoms with Crippen molar-refractivity contribution in [2.75, 3.05) is 27.2 Å². The van der Waals surface area contributed by atoms with Crippen LogP contribution in [-0.4, -0.2) is 52.5 Å². The zero-order chi connectivity index (χ0) is 28.7. The Morgan fingerprint density at radius 1 is 0.925 bits per heavy atom. The Morgan fingerprint density at radius 3 is 2.08 bits per heavy atom. The summed E-state index contributed by atoms with van der Waals surface area (Å²) >= 11 is 0. The highest BCUT2D eigenvalue weighted by atomic mass is 32.2. The fourth-order valence-electron chi connectivity index (χ4n) is 4.84. The average Bonchev–Trinajstić information content (AvgIpc) is 2.94. The van der Waals surface area contributed by atoms with Gasteiger partial charge >= 0.3 is 0 Å². The number of nitrogens with zero attached hydrogens (tertiary/aromatic N) is 1. The van der Waals surface area contributed by atoms with E-state index >= 15 is 0 Å². The van der Waals surface area contributed by atoms with Gasteiger partial charge in [0.05, 0.1) is 10.9 Å². The fourth-order valence-corrected chi connectivity index (χ4v) is 6.15. The molecule has 1 aliphatic rings. The molecule has 0 bridgehead atoms. The van der Waals surface area contributed by atoms with Crippen molar-refractivity contribution >= 4 is 15.9 Å². The van der Waals surface area contributed by atoms with Crippen molar-refractivity contribution in [2.24, 2.45) is 5.92 Å². The maximum absolute atomic E-state index is 13.2. The molecule has 40 heavy (non-hydrogen) atoms. The van der Waals surface area contributed by atoms with E-state index in [0.717, 1.165) is 29.0 Å². The van der Waals surface area contributed by atoms with E-state index in [4.69, 9.17) is 4.74 Å². The van der Waals surface area contributed by atoms with Gasteiger partial charge in [-0.05, 0) is 99.8 Å². The van der Waals surface area contributed by atoms with E-state index in [1.165, 1.54) is 12.1 Å². The minimum absolute atomic E-state index is 0.0538. The normalized spacial score (nSPS) is 18.3. The SMILES string of the molecule is C[C@@H](NC(=O)C1CCC(NS(=O)(=O)c2ccc(-c3ccc(OCCN(C)C)cc3)cc2)CC1)c1ccc(F)cc1. The minimum Gasteiger partial charge on any atom is -0.492 e. The van der Waals surface area contributed by atoms with Gasteiger partial charge in [0.25, 0.3) is 0 Å². The van der Waals surface area contributed by atoms with Crippen molar-refractivity contribution in [1.82, 2.24) is 14.9 Å². The predicted octanol–water partition coefficient (Wildman–Crippen LogP) is 5.15. The lowest BCUT2D eigenvalue weighted by Crippen LogP contribution is -2.41. The zero-order valence-electron chi connectivity index (χ0n) is 23.3. The summed E-state index contributed by atoms with van der Waals surface area (Å²) in [6.07, 6.45) is 2.37. The second kappa shape index (κ2) is 13.4. The Kier molecular flexibility index (Phi) is 9.95. The zero-order valence-corrected chi connectivity index (χ0v) is 24.1. The number of hydrogen-bond acceptors (Lipinski definition) is 5. The Balaban J connectivity index is 1.27. The summed E-state index contributed by atoms with van der Waals surface area (Å²) in [5, 5.41) is 3.00. The van der Waals surface area contributed by atoms with Crippen LogP contribution in [0.2, 0.25) is 0 Å². The van der Waals surface area contributed by atoms with Crippen molar-refractivity contribution in [3.05, 3.63) is 84.2 Å². The van der Waals surface area contributed by atoms with Crippen LogP contribution in [0.3, 0.4) is 0 Å². The number of likely N-dealkylation sites (N-methyl/N-ethyl adjacent to an activating group) is 1. The van der Waals surface area contributed by atoms with Gasteiger partial charge in [-0.25, -0.2) is 17.5 Å². The number of halogens is 1. The number of carbonyl (C=O) groups excluding carboxylic acids is 1. The summed E-state index contributed by atoms with van der Waals surface area (Å²) in [6, 6.07) is 20.2. The lowest BCUT2D eigenvalue weighted by Gasteiger charge is -2.29. The molecule has 0 spiro atoms. The van der Waals surface area contributed by atoms with Gasteiger partial charge in [0, 0.05) is 18.5 Å². The first-order chi connectivity index (χ1) is 19.1. The Labute approximate surface area is 236 Å². The number of sulfonamides is 1. The molecule has 7 nitrogen and oxygen atoms in total. The van der Waals surface area contributed by atoms with Crippen LogP contribution in [-0.2, 0) is 14.8 Å². The summed E-state index contributed by atoms with van der Waals surface area (Å²) in [5.41, 5.74) is 2.73. The fraction of sp³-hybridized carbons (Fsp3) is 0.387. The van der Waals surface area contributed by atoms with E-state index in [-0.39, 0.29) is 34.6 Å². The molecule has 9 heteroatoms. The third-order valence-corrected chi connectivity index (χ3v) is 8.84. The molecule has 0 unspecified atom stereocenters. The number of hydrogen-bond donors (Lipinski definition) is 2. The monoisotopic (exact) mass is 567 g/mol. The van der Waals surface area contributed by atoms with Crippen molar-refractivity contribution in [2.45, 2.75) is 49.6 Å². The molecule has 1 saturated carbocycles. The lowest BCUT2D eigenvalue weighted by molar-refractivity contribution is -0.126. The third kappa shape index (κ3) is 8.13. The summed E-state index contributed by atoms with van der Waals surface area (Å²) in [5.74, 6) is 0.254. The first-order valence-electron chi connectivity index (χ1n) is 13.7. The molecule has 1 amide bonds. The number of benzene rings is 3. The van der Waals surface area contributed by atoms with Gasteiger partial charge in [-0.2, -0.15) is 0 Å². The number of carbonyl (C=O) groups is 1. The van der Waals surface area contributed by atoms with Crippen LogP contribution in [0, 0.1) is 11.7 Å². The van der Waals surface area contributed by atoms with Crippen molar-refractivity contribution < 1.29 is 22.3 Å². The molecule has 1 atom stereocenters. The van der Waals surface area contributed by atoms with E-state index < -0.39 is 10.0 Å². The number of ether oxygens (including phenoxy) is 1. The highest BCUT2D eigenvalue weighted by Gasteiger charge is 2.29. The van der Waals surface area contributed by atoms with Crippen LogP contribution in [0.15, 0.2) is 77.7 Å². The number of rotatable bonds is 11. The van der Waals surface area contributed by atoms with E-state index in [0.29, 0.717) is 32.3 Å². The molecule has 0 radical (unpaired) electrons. The van der Waals surface area contributed by atoms with Gasteiger partial charge < -0.3 is 15.0 Å². The Hall–Kier alpha value is -3.27. The maximum Gasteiger partial charge on any atom is 0.240 e. The smallest absolute Gasteiger partial charge is 0.240 e. The van der Waals surface area contributed by atoms with Crippen molar-refractivity contribution in [3.63, 3.8) is 0 Å². The predicted molar refractivity (Wildman–Crippen MR) is 155 cm³/mol.